The van der Waals surface area contributed by atoms with Gasteiger partial charge in [0.1, 0.15) is 5.82 Å². The van der Waals surface area contributed by atoms with E-state index in [1.54, 1.807) is 17.0 Å². The molecule has 1 aliphatic rings. The number of nitrogens with one attached hydrogen (secondary N) is 2. The highest BCUT2D eigenvalue weighted by Crippen LogP contribution is 2.18. The van der Waals surface area contributed by atoms with Gasteiger partial charge in [0, 0.05) is 33.8 Å². The smallest absolute Gasteiger partial charge is 0.191 e. The number of hydrogen-bond donors (Lipinski definition) is 2. The molecular formula is C17H28FIN4O. The Morgan fingerprint density at radius 3 is 2.75 bits per heavy atom. The monoisotopic (exact) mass is 450 g/mol. The molecule has 0 bridgehead atoms. The summed E-state index contributed by atoms with van der Waals surface area (Å²) in [6.07, 6.45) is 2.47. The molecule has 7 heteroatoms. The number of guanidine groups is 1. The van der Waals surface area contributed by atoms with Crippen molar-refractivity contribution in [3.05, 3.63) is 29.6 Å². The van der Waals surface area contributed by atoms with E-state index in [9.17, 15) is 4.39 Å². The molecular weight excluding hydrogens is 422 g/mol. The molecule has 1 aromatic carbocycles. The Bertz CT molecular complexity index is 533. The Labute approximate surface area is 161 Å². The van der Waals surface area contributed by atoms with Gasteiger partial charge in [-0.1, -0.05) is 6.07 Å². The summed E-state index contributed by atoms with van der Waals surface area (Å²) in [5.41, 5.74) is 1.43. The van der Waals surface area contributed by atoms with E-state index < -0.39 is 0 Å². The summed E-state index contributed by atoms with van der Waals surface area (Å²) in [5, 5.41) is 6.49. The van der Waals surface area contributed by atoms with Crippen molar-refractivity contribution in [1.29, 1.82) is 0 Å². The maximum absolute atomic E-state index is 14.0. The largest absolute Gasteiger partial charge is 0.376 e. The van der Waals surface area contributed by atoms with Crippen LogP contribution in [0.1, 0.15) is 25.3 Å². The summed E-state index contributed by atoms with van der Waals surface area (Å²) in [4.78, 5) is 6.28. The van der Waals surface area contributed by atoms with Gasteiger partial charge >= 0.3 is 0 Å². The van der Waals surface area contributed by atoms with E-state index in [0.717, 1.165) is 44.1 Å². The van der Waals surface area contributed by atoms with Crippen LogP contribution in [0.5, 0.6) is 0 Å². The molecule has 5 nitrogen and oxygen atoms in total. The lowest BCUT2D eigenvalue weighted by atomic mass is 10.2. The summed E-state index contributed by atoms with van der Waals surface area (Å²) < 4.78 is 19.6. The molecule has 136 valence electrons. The average Bonchev–Trinajstić information content (AvgIpc) is 3.03. The third kappa shape index (κ3) is 6.43. The lowest BCUT2D eigenvalue weighted by molar-refractivity contribution is 0.114. The highest BCUT2D eigenvalue weighted by atomic mass is 127. The van der Waals surface area contributed by atoms with Crippen LogP contribution >= 0.6 is 24.0 Å². The van der Waals surface area contributed by atoms with Crippen molar-refractivity contribution in [2.24, 2.45) is 4.99 Å². The first-order valence-electron chi connectivity index (χ1n) is 8.19. The summed E-state index contributed by atoms with van der Waals surface area (Å²) >= 11 is 0. The van der Waals surface area contributed by atoms with Crippen molar-refractivity contribution >= 4 is 35.6 Å². The number of rotatable bonds is 6. The van der Waals surface area contributed by atoms with Crippen LogP contribution in [0.15, 0.2) is 23.2 Å². The van der Waals surface area contributed by atoms with E-state index in [4.69, 9.17) is 4.74 Å². The fraction of sp³-hybridized carbons (Fsp3) is 0.588. The third-order valence-electron chi connectivity index (χ3n) is 3.78. The number of hydrogen-bond acceptors (Lipinski definition) is 3. The minimum atomic E-state index is -0.222. The molecule has 1 fully saturated rings. The van der Waals surface area contributed by atoms with E-state index in [1.165, 1.54) is 0 Å². The minimum Gasteiger partial charge on any atom is -0.376 e. The van der Waals surface area contributed by atoms with Crippen LogP contribution in [0.3, 0.4) is 0 Å². The molecule has 0 spiro atoms. The second-order valence-corrected chi connectivity index (χ2v) is 5.89. The Morgan fingerprint density at radius 1 is 1.38 bits per heavy atom. The molecule has 1 atom stereocenters. The zero-order valence-electron chi connectivity index (χ0n) is 14.6. The number of benzene rings is 1. The van der Waals surface area contributed by atoms with Crippen molar-refractivity contribution in [3.63, 3.8) is 0 Å². The first-order chi connectivity index (χ1) is 11.1. The lowest BCUT2D eigenvalue weighted by Gasteiger charge is -2.15. The van der Waals surface area contributed by atoms with Gasteiger partial charge in [-0.3, -0.25) is 0 Å². The second kappa shape index (κ2) is 10.7. The number of halogens is 2. The third-order valence-corrected chi connectivity index (χ3v) is 3.78. The minimum absolute atomic E-state index is 0. The second-order valence-electron chi connectivity index (χ2n) is 5.89. The van der Waals surface area contributed by atoms with Crippen molar-refractivity contribution in [2.75, 3.05) is 38.7 Å². The highest BCUT2D eigenvalue weighted by Gasteiger charge is 2.15. The fourth-order valence-electron chi connectivity index (χ4n) is 2.54. The molecule has 1 aromatic rings. The van der Waals surface area contributed by atoms with E-state index >= 15 is 0 Å². The van der Waals surface area contributed by atoms with E-state index in [-0.39, 0.29) is 35.9 Å². The van der Waals surface area contributed by atoms with Crippen LogP contribution in [0.25, 0.3) is 0 Å². The predicted octanol–water partition coefficient (Wildman–Crippen LogP) is 2.74. The molecule has 24 heavy (non-hydrogen) atoms. The van der Waals surface area contributed by atoms with Gasteiger partial charge in [-0.25, -0.2) is 9.38 Å². The first kappa shape index (κ1) is 21.0. The van der Waals surface area contributed by atoms with Crippen LogP contribution < -0.4 is 15.5 Å². The molecule has 1 heterocycles. The zero-order chi connectivity index (χ0) is 16.7. The van der Waals surface area contributed by atoms with Crippen LogP contribution in [0.2, 0.25) is 0 Å². The molecule has 1 saturated heterocycles. The molecule has 1 aliphatic heterocycles. The number of nitrogens with zero attached hydrogens (tertiary/aromatic N) is 2. The summed E-state index contributed by atoms with van der Waals surface area (Å²) in [7, 11) is 3.66. The Balaban J connectivity index is 0.00000288. The van der Waals surface area contributed by atoms with Gasteiger partial charge in [0.15, 0.2) is 5.96 Å². The summed E-state index contributed by atoms with van der Waals surface area (Å²) in [6.45, 7) is 4.84. The van der Waals surface area contributed by atoms with E-state index in [2.05, 4.69) is 15.6 Å². The maximum atomic E-state index is 14.0. The van der Waals surface area contributed by atoms with E-state index in [1.807, 2.05) is 27.1 Å². The number of aliphatic imine (C=N–C) groups is 1. The van der Waals surface area contributed by atoms with Crippen molar-refractivity contribution in [3.8, 4) is 0 Å². The van der Waals surface area contributed by atoms with Crippen molar-refractivity contribution < 1.29 is 9.13 Å². The van der Waals surface area contributed by atoms with Gasteiger partial charge in [0.2, 0.25) is 0 Å². The van der Waals surface area contributed by atoms with E-state index in [0.29, 0.717) is 12.2 Å². The maximum Gasteiger partial charge on any atom is 0.191 e. The Kier molecular flexibility index (Phi) is 9.35. The van der Waals surface area contributed by atoms with Crippen LogP contribution in [0, 0.1) is 5.82 Å². The summed E-state index contributed by atoms with van der Waals surface area (Å²) in [5.74, 6) is 0.514. The predicted molar refractivity (Wildman–Crippen MR) is 108 cm³/mol. The molecule has 0 aromatic heterocycles. The molecule has 2 rings (SSSR count). The number of ether oxygens (including phenoxy) is 1. The van der Waals surface area contributed by atoms with Crippen molar-refractivity contribution in [2.45, 2.75) is 32.4 Å². The number of anilines is 1. The molecule has 0 saturated carbocycles. The van der Waals surface area contributed by atoms with Gasteiger partial charge in [0.05, 0.1) is 18.3 Å². The van der Waals surface area contributed by atoms with Crippen LogP contribution in [-0.4, -0.2) is 45.9 Å². The standard InChI is InChI=1S/C17H27FN4O.HI/c1-4-19-17(21-12-14-6-5-9-23-14)20-11-13-7-8-16(22(2)3)15(18)10-13;/h7-8,10,14H,4-6,9,11-12H2,1-3H3,(H2,19,20,21);1H. The Hall–Kier alpha value is -1.09. The zero-order valence-corrected chi connectivity index (χ0v) is 17.0. The first-order valence-corrected chi connectivity index (χ1v) is 8.19. The van der Waals surface area contributed by atoms with Crippen molar-refractivity contribution in [1.82, 2.24) is 10.6 Å². The molecule has 0 radical (unpaired) electrons. The topological polar surface area (TPSA) is 48.9 Å². The normalized spacial score (nSPS) is 17.3. The van der Waals surface area contributed by atoms with Gasteiger partial charge in [-0.05, 0) is 37.5 Å². The molecule has 0 aliphatic carbocycles. The molecule has 0 amide bonds. The van der Waals surface area contributed by atoms with Gasteiger partial charge in [-0.2, -0.15) is 0 Å². The van der Waals surface area contributed by atoms with Crippen LogP contribution in [-0.2, 0) is 11.3 Å². The average molecular weight is 450 g/mol. The summed E-state index contributed by atoms with van der Waals surface area (Å²) in [6, 6.07) is 5.24. The Morgan fingerprint density at radius 2 is 2.17 bits per heavy atom. The SMILES string of the molecule is CCNC(=NCc1ccc(N(C)C)c(F)c1)NCC1CCCO1.I. The van der Waals surface area contributed by atoms with Gasteiger partial charge < -0.3 is 20.3 Å². The van der Waals surface area contributed by atoms with Crippen LogP contribution in [0.4, 0.5) is 10.1 Å². The highest BCUT2D eigenvalue weighted by molar-refractivity contribution is 14.0. The van der Waals surface area contributed by atoms with Gasteiger partial charge in [0.25, 0.3) is 0 Å². The lowest BCUT2D eigenvalue weighted by Crippen LogP contribution is -2.41. The fourth-order valence-corrected chi connectivity index (χ4v) is 2.54. The molecule has 2 N–H and O–H groups in total. The quantitative estimate of drug-likeness (QED) is 0.398. The molecule has 1 unspecified atom stereocenters. The van der Waals surface area contributed by atoms with Gasteiger partial charge in [-0.15, -0.1) is 24.0 Å².